The van der Waals surface area contributed by atoms with E-state index in [4.69, 9.17) is 18.9 Å². The number of hydrogen-bond acceptors (Lipinski definition) is 6. The van der Waals surface area contributed by atoms with E-state index in [9.17, 15) is 5.11 Å². The Morgan fingerprint density at radius 2 is 1.76 bits per heavy atom. The van der Waals surface area contributed by atoms with Gasteiger partial charge in [0.15, 0.2) is 6.29 Å². The van der Waals surface area contributed by atoms with E-state index in [-0.39, 0.29) is 24.4 Å². The zero-order valence-corrected chi connectivity index (χ0v) is 24.0. The Morgan fingerprint density at radius 1 is 0.921 bits per heavy atom. The third kappa shape index (κ3) is 3.34. The molecule has 5 saturated carbocycles. The second-order valence-electron chi connectivity index (χ2n) is 15.7. The molecule has 2 spiro atoms. The van der Waals surface area contributed by atoms with Crippen molar-refractivity contribution in [1.82, 2.24) is 4.90 Å². The SMILES string of the molecule is CC1(C)C2CCC3C4CC5OC(CO)CCC5[C@@]4(C)CC[C@]34C[C@]24CC[C@@H]1OC1CN(C2COC2)CCO1. The number of nitrogens with zero attached hydrogens (tertiary/aromatic N) is 1. The van der Waals surface area contributed by atoms with Crippen molar-refractivity contribution in [2.75, 3.05) is 39.5 Å². The summed E-state index contributed by atoms with van der Waals surface area (Å²) in [6.07, 6.45) is 13.9. The van der Waals surface area contributed by atoms with Crippen LogP contribution in [-0.2, 0) is 18.9 Å². The Balaban J connectivity index is 0.990. The predicted octanol–water partition coefficient (Wildman–Crippen LogP) is 4.63. The summed E-state index contributed by atoms with van der Waals surface area (Å²) in [7, 11) is 0. The van der Waals surface area contributed by atoms with Gasteiger partial charge in [-0.1, -0.05) is 20.8 Å². The molecule has 7 unspecified atom stereocenters. The summed E-state index contributed by atoms with van der Waals surface area (Å²) in [5, 5.41) is 9.77. The van der Waals surface area contributed by atoms with E-state index in [0.29, 0.717) is 40.4 Å². The lowest BCUT2D eigenvalue weighted by atomic mass is 9.46. The Kier molecular flexibility index (Phi) is 5.79. The van der Waals surface area contributed by atoms with Crippen LogP contribution in [0.5, 0.6) is 0 Å². The minimum absolute atomic E-state index is 0.0790. The van der Waals surface area contributed by atoms with Gasteiger partial charge in [0, 0.05) is 6.54 Å². The first-order valence-corrected chi connectivity index (χ1v) is 16.2. The number of fused-ring (bicyclic) bond motifs is 4. The van der Waals surface area contributed by atoms with Gasteiger partial charge in [-0.3, -0.25) is 4.90 Å². The van der Waals surface area contributed by atoms with E-state index in [1.165, 1.54) is 57.8 Å². The fourth-order valence-electron chi connectivity index (χ4n) is 12.3. The largest absolute Gasteiger partial charge is 0.394 e. The van der Waals surface area contributed by atoms with Crippen molar-refractivity contribution in [1.29, 1.82) is 0 Å². The fourth-order valence-corrected chi connectivity index (χ4v) is 12.3. The van der Waals surface area contributed by atoms with Gasteiger partial charge in [0.1, 0.15) is 0 Å². The molecule has 0 amide bonds. The van der Waals surface area contributed by atoms with Gasteiger partial charge >= 0.3 is 0 Å². The number of hydrogen-bond donors (Lipinski definition) is 1. The van der Waals surface area contributed by atoms with Crippen molar-refractivity contribution in [3.8, 4) is 0 Å². The lowest BCUT2D eigenvalue weighted by Crippen LogP contribution is -2.58. The molecule has 6 nitrogen and oxygen atoms in total. The third-order valence-electron chi connectivity index (χ3n) is 14.3. The number of rotatable bonds is 4. The third-order valence-corrected chi connectivity index (χ3v) is 14.3. The lowest BCUT2D eigenvalue weighted by molar-refractivity contribution is -0.253. The standard InChI is InChI=1S/C32H51NO5/c1-29(2)26-7-6-22-24-14-25-23(5-4-21(16-34)37-25)30(24,3)10-11-31(22)19-32(26,31)9-8-27(29)38-28-15-33(12-13-36-28)20-17-35-18-20/h20-28,34H,4-19H2,1-3H3/t21?,22?,23?,24?,25?,26?,27-,28?,30+,31-,32+/m0/s1. The van der Waals surface area contributed by atoms with Crippen molar-refractivity contribution in [2.24, 2.45) is 45.3 Å². The highest BCUT2D eigenvalue weighted by Gasteiger charge is 2.80. The summed E-state index contributed by atoms with van der Waals surface area (Å²) >= 11 is 0. The molecule has 8 rings (SSSR count). The molecule has 1 N–H and O–H groups in total. The average Bonchev–Trinajstić information content (AvgIpc) is 3.45. The van der Waals surface area contributed by atoms with Crippen molar-refractivity contribution >= 4 is 0 Å². The highest BCUT2D eigenvalue weighted by Crippen LogP contribution is 2.87. The zero-order valence-electron chi connectivity index (χ0n) is 24.0. The second kappa shape index (κ2) is 8.64. The van der Waals surface area contributed by atoms with E-state index in [2.05, 4.69) is 25.7 Å². The van der Waals surface area contributed by atoms with Gasteiger partial charge in [0.25, 0.3) is 0 Å². The fraction of sp³-hybridized carbons (Fsp3) is 1.00. The Hall–Kier alpha value is -0.240. The second-order valence-corrected chi connectivity index (χ2v) is 15.7. The first kappa shape index (κ1) is 25.5. The summed E-state index contributed by atoms with van der Waals surface area (Å²) in [5.74, 6) is 3.18. The summed E-state index contributed by atoms with van der Waals surface area (Å²) < 4.78 is 25.0. The molecule has 0 aromatic heterocycles. The Morgan fingerprint density at radius 3 is 2.55 bits per heavy atom. The number of morpholine rings is 1. The van der Waals surface area contributed by atoms with Crippen molar-refractivity contribution < 1.29 is 24.1 Å². The van der Waals surface area contributed by atoms with Gasteiger partial charge in [0.05, 0.1) is 57.3 Å². The van der Waals surface area contributed by atoms with Crippen LogP contribution in [-0.4, -0.2) is 80.2 Å². The molecule has 3 heterocycles. The van der Waals surface area contributed by atoms with Crippen LogP contribution in [0.1, 0.15) is 85.0 Å². The van der Waals surface area contributed by atoms with Crippen LogP contribution in [0.3, 0.4) is 0 Å². The highest BCUT2D eigenvalue weighted by atomic mass is 16.7. The van der Waals surface area contributed by atoms with Crippen molar-refractivity contribution in [2.45, 2.75) is 116 Å². The molecule has 5 aliphatic carbocycles. The summed E-state index contributed by atoms with van der Waals surface area (Å²) in [6.45, 7) is 12.3. The molecule has 0 aromatic carbocycles. The van der Waals surface area contributed by atoms with Crippen LogP contribution >= 0.6 is 0 Å². The topological polar surface area (TPSA) is 60.4 Å². The van der Waals surface area contributed by atoms with Crippen LogP contribution in [0.2, 0.25) is 0 Å². The molecule has 3 aliphatic heterocycles. The average molecular weight is 530 g/mol. The van der Waals surface area contributed by atoms with Crippen LogP contribution in [0.25, 0.3) is 0 Å². The van der Waals surface area contributed by atoms with Gasteiger partial charge in [-0.05, 0) is 110 Å². The number of aliphatic hydroxyl groups excluding tert-OH is 1. The lowest BCUT2D eigenvalue weighted by Gasteiger charge is -2.60. The van der Waals surface area contributed by atoms with Gasteiger partial charge in [0.2, 0.25) is 0 Å². The maximum absolute atomic E-state index is 9.77. The van der Waals surface area contributed by atoms with Gasteiger partial charge in [-0.2, -0.15) is 0 Å². The molecule has 0 aromatic rings. The summed E-state index contributed by atoms with van der Waals surface area (Å²) in [4.78, 5) is 2.53. The van der Waals surface area contributed by atoms with Crippen molar-refractivity contribution in [3.63, 3.8) is 0 Å². The van der Waals surface area contributed by atoms with E-state index < -0.39 is 0 Å². The zero-order chi connectivity index (χ0) is 25.9. The first-order valence-electron chi connectivity index (χ1n) is 16.2. The molecule has 8 fully saturated rings. The van der Waals surface area contributed by atoms with Gasteiger partial charge < -0.3 is 24.1 Å². The van der Waals surface area contributed by atoms with Gasteiger partial charge in [-0.15, -0.1) is 0 Å². The van der Waals surface area contributed by atoms with E-state index in [1.54, 1.807) is 0 Å². The molecule has 8 aliphatic rings. The molecule has 6 heteroatoms. The molecule has 38 heavy (non-hydrogen) atoms. The first-order chi connectivity index (χ1) is 18.3. The smallest absolute Gasteiger partial charge is 0.170 e. The van der Waals surface area contributed by atoms with Gasteiger partial charge in [-0.25, -0.2) is 0 Å². The van der Waals surface area contributed by atoms with Crippen LogP contribution in [0.4, 0.5) is 0 Å². The van der Waals surface area contributed by atoms with Crippen LogP contribution < -0.4 is 0 Å². The molecule has 3 saturated heterocycles. The molecule has 11 atom stereocenters. The van der Waals surface area contributed by atoms with E-state index in [0.717, 1.165) is 57.1 Å². The molecule has 0 bridgehead atoms. The van der Waals surface area contributed by atoms with Crippen molar-refractivity contribution in [3.05, 3.63) is 0 Å². The molecular formula is C32H51NO5. The molecular weight excluding hydrogens is 478 g/mol. The minimum atomic E-state index is -0.0906. The highest BCUT2D eigenvalue weighted by molar-refractivity contribution is 5.29. The maximum atomic E-state index is 9.77. The van der Waals surface area contributed by atoms with Crippen LogP contribution in [0, 0.1) is 45.3 Å². The number of aliphatic hydroxyl groups is 1. The normalized spacial score (nSPS) is 55.6. The summed E-state index contributed by atoms with van der Waals surface area (Å²) in [6, 6.07) is 0.561. The quantitative estimate of drug-likeness (QED) is 0.573. The molecule has 0 radical (unpaired) electrons. The van der Waals surface area contributed by atoms with E-state index in [1.807, 2.05) is 0 Å². The monoisotopic (exact) mass is 529 g/mol. The summed E-state index contributed by atoms with van der Waals surface area (Å²) in [5.41, 5.74) is 1.77. The minimum Gasteiger partial charge on any atom is -0.394 e. The molecule has 214 valence electrons. The van der Waals surface area contributed by atoms with Crippen LogP contribution in [0.15, 0.2) is 0 Å². The van der Waals surface area contributed by atoms with E-state index >= 15 is 0 Å². The Bertz CT molecular complexity index is 939. The predicted molar refractivity (Wildman–Crippen MR) is 143 cm³/mol. The number of ether oxygens (including phenoxy) is 4. The Labute approximate surface area is 229 Å². The maximum Gasteiger partial charge on any atom is 0.170 e.